The van der Waals surface area contributed by atoms with Crippen LogP contribution in [0.4, 0.5) is 5.69 Å². The molecule has 0 radical (unpaired) electrons. The quantitative estimate of drug-likeness (QED) is 0.764. The number of benzene rings is 1. The van der Waals surface area contributed by atoms with E-state index in [4.69, 9.17) is 14.5 Å². The van der Waals surface area contributed by atoms with E-state index in [2.05, 4.69) is 10.3 Å². The molecule has 1 aromatic carbocycles. The lowest BCUT2D eigenvalue weighted by Gasteiger charge is -2.24. The molecule has 1 saturated heterocycles. The number of carbonyl (C=O) groups excluding carboxylic acids is 1. The van der Waals surface area contributed by atoms with Crippen LogP contribution < -0.4 is 10.1 Å². The van der Waals surface area contributed by atoms with E-state index in [1.807, 2.05) is 48.9 Å². The highest BCUT2D eigenvalue weighted by atomic mass is 16.5. The summed E-state index contributed by atoms with van der Waals surface area (Å²) in [6, 6.07) is 7.52. The highest BCUT2D eigenvalue weighted by Gasteiger charge is 2.26. The van der Waals surface area contributed by atoms with Gasteiger partial charge in [-0.05, 0) is 32.0 Å². The summed E-state index contributed by atoms with van der Waals surface area (Å²) >= 11 is 0. The van der Waals surface area contributed by atoms with Crippen LogP contribution in [0.1, 0.15) is 12.6 Å². The monoisotopic (exact) mass is 352 g/mol. The number of ether oxygens (including phenoxy) is 2. The summed E-state index contributed by atoms with van der Waals surface area (Å²) in [7, 11) is 0. The van der Waals surface area contributed by atoms with Crippen molar-refractivity contribution in [1.29, 1.82) is 0 Å². The number of fused-ring (bicyclic) bond motifs is 1. The summed E-state index contributed by atoms with van der Waals surface area (Å²) in [5.41, 5.74) is 2.44. The van der Waals surface area contributed by atoms with Crippen molar-refractivity contribution in [3.8, 4) is 11.6 Å². The van der Waals surface area contributed by atoms with Crippen LogP contribution in [-0.4, -0.2) is 40.3 Å². The van der Waals surface area contributed by atoms with Gasteiger partial charge in [-0.2, -0.15) is 0 Å². The number of hydrogen-bond donors (Lipinski definition) is 1. The van der Waals surface area contributed by atoms with Crippen molar-refractivity contribution in [2.75, 3.05) is 25.1 Å². The molecular formula is C19H20N4O3. The van der Waals surface area contributed by atoms with Crippen molar-refractivity contribution in [1.82, 2.24) is 14.5 Å². The molecule has 1 aliphatic rings. The molecule has 1 fully saturated rings. The molecule has 3 aromatic rings. The number of nitrogens with zero attached hydrogens (tertiary/aromatic N) is 3. The van der Waals surface area contributed by atoms with Crippen LogP contribution in [0.2, 0.25) is 0 Å². The van der Waals surface area contributed by atoms with Gasteiger partial charge in [0.15, 0.2) is 0 Å². The molecule has 0 atom stereocenters. The van der Waals surface area contributed by atoms with Crippen LogP contribution in [0.25, 0.3) is 16.7 Å². The van der Waals surface area contributed by atoms with Crippen LogP contribution in [0.15, 0.2) is 36.8 Å². The van der Waals surface area contributed by atoms with Crippen LogP contribution in [0.5, 0.6) is 5.75 Å². The lowest BCUT2D eigenvalue weighted by atomic mass is 10.1. The Hall–Kier alpha value is -2.93. The Morgan fingerprint density at radius 1 is 1.38 bits per heavy atom. The second-order valence-electron chi connectivity index (χ2n) is 6.29. The van der Waals surface area contributed by atoms with Crippen molar-refractivity contribution < 1.29 is 14.3 Å². The van der Waals surface area contributed by atoms with E-state index < -0.39 is 0 Å². The first-order chi connectivity index (χ1) is 12.6. The Balaban J connectivity index is 1.71. The van der Waals surface area contributed by atoms with E-state index in [-0.39, 0.29) is 11.8 Å². The highest BCUT2D eigenvalue weighted by Crippen LogP contribution is 2.30. The normalized spacial score (nSPS) is 14.2. The number of nitrogens with one attached hydrogen (secondary N) is 1. The van der Waals surface area contributed by atoms with Gasteiger partial charge in [-0.15, -0.1) is 0 Å². The van der Waals surface area contributed by atoms with E-state index >= 15 is 0 Å². The van der Waals surface area contributed by atoms with Gasteiger partial charge in [-0.1, -0.05) is 0 Å². The topological polar surface area (TPSA) is 78.3 Å². The zero-order valence-electron chi connectivity index (χ0n) is 14.7. The van der Waals surface area contributed by atoms with Gasteiger partial charge < -0.3 is 14.8 Å². The third-order valence-electron chi connectivity index (χ3n) is 4.31. The zero-order chi connectivity index (χ0) is 18.1. The van der Waals surface area contributed by atoms with E-state index in [1.54, 1.807) is 6.33 Å². The van der Waals surface area contributed by atoms with E-state index in [9.17, 15) is 4.79 Å². The smallest absolute Gasteiger partial charge is 0.232 e. The standard InChI is InChI=1S/C19H20N4O3/c1-3-26-17-7-18(23-8-12(2)20-11-23)22-16-5-4-14(6-15(16)17)21-19(24)13-9-25-10-13/h4-8,11,13H,3,9-10H2,1-2H3,(H,21,24). The lowest BCUT2D eigenvalue weighted by Crippen LogP contribution is -2.38. The molecule has 1 aliphatic heterocycles. The largest absolute Gasteiger partial charge is 0.493 e. The van der Waals surface area contributed by atoms with Crippen molar-refractivity contribution in [2.24, 2.45) is 5.92 Å². The van der Waals surface area contributed by atoms with Gasteiger partial charge in [0.25, 0.3) is 0 Å². The molecule has 7 nitrogen and oxygen atoms in total. The number of amides is 1. The van der Waals surface area contributed by atoms with Crippen LogP contribution in [-0.2, 0) is 9.53 Å². The minimum Gasteiger partial charge on any atom is -0.493 e. The van der Waals surface area contributed by atoms with Gasteiger partial charge in [-0.25, -0.2) is 9.97 Å². The first-order valence-electron chi connectivity index (χ1n) is 8.61. The van der Waals surface area contributed by atoms with Crippen molar-refractivity contribution >= 4 is 22.5 Å². The minimum atomic E-state index is -0.0676. The van der Waals surface area contributed by atoms with E-state index in [0.717, 1.165) is 33.9 Å². The summed E-state index contributed by atoms with van der Waals surface area (Å²) in [6.45, 7) is 5.38. The predicted molar refractivity (Wildman–Crippen MR) is 97.7 cm³/mol. The maximum absolute atomic E-state index is 12.1. The molecule has 0 aliphatic carbocycles. The van der Waals surface area contributed by atoms with Gasteiger partial charge in [-0.3, -0.25) is 9.36 Å². The average Bonchev–Trinajstić information content (AvgIpc) is 3.00. The second-order valence-corrected chi connectivity index (χ2v) is 6.29. The fourth-order valence-electron chi connectivity index (χ4n) is 2.84. The molecule has 0 saturated carbocycles. The zero-order valence-corrected chi connectivity index (χ0v) is 14.7. The summed E-state index contributed by atoms with van der Waals surface area (Å²) in [4.78, 5) is 21.1. The van der Waals surface area contributed by atoms with Gasteiger partial charge in [0.2, 0.25) is 5.91 Å². The summed E-state index contributed by atoms with van der Waals surface area (Å²) in [5, 5.41) is 3.79. The Bertz CT molecular complexity index is 963. The number of aromatic nitrogens is 3. The predicted octanol–water partition coefficient (Wildman–Crippen LogP) is 2.71. The fraction of sp³-hybridized carbons (Fsp3) is 0.316. The molecule has 2 aromatic heterocycles. The minimum absolute atomic E-state index is 0.0213. The summed E-state index contributed by atoms with van der Waals surface area (Å²) in [6.07, 6.45) is 3.65. The molecule has 0 spiro atoms. The molecule has 26 heavy (non-hydrogen) atoms. The summed E-state index contributed by atoms with van der Waals surface area (Å²) < 4.78 is 12.8. The number of aryl methyl sites for hydroxylation is 1. The number of hydrogen-bond acceptors (Lipinski definition) is 5. The fourth-order valence-corrected chi connectivity index (χ4v) is 2.84. The first-order valence-corrected chi connectivity index (χ1v) is 8.61. The van der Waals surface area contributed by atoms with Crippen LogP contribution >= 0.6 is 0 Å². The maximum atomic E-state index is 12.1. The van der Waals surface area contributed by atoms with E-state index in [1.165, 1.54) is 0 Å². The molecule has 3 heterocycles. The molecule has 1 amide bonds. The van der Waals surface area contributed by atoms with Crippen molar-refractivity contribution in [3.05, 3.63) is 42.5 Å². The molecule has 134 valence electrons. The second kappa shape index (κ2) is 6.76. The Labute approximate surface area is 151 Å². The molecule has 0 unspecified atom stereocenters. The lowest BCUT2D eigenvalue weighted by molar-refractivity contribution is -0.133. The third kappa shape index (κ3) is 3.13. The Morgan fingerprint density at radius 3 is 2.88 bits per heavy atom. The molecular weight excluding hydrogens is 332 g/mol. The molecule has 0 bridgehead atoms. The van der Waals surface area contributed by atoms with Crippen molar-refractivity contribution in [2.45, 2.75) is 13.8 Å². The van der Waals surface area contributed by atoms with Gasteiger partial charge in [0, 0.05) is 23.3 Å². The Kier molecular flexibility index (Phi) is 4.30. The number of anilines is 1. The number of rotatable bonds is 5. The van der Waals surface area contributed by atoms with Gasteiger partial charge >= 0.3 is 0 Å². The maximum Gasteiger partial charge on any atom is 0.232 e. The molecule has 4 rings (SSSR count). The third-order valence-corrected chi connectivity index (χ3v) is 4.31. The highest BCUT2D eigenvalue weighted by molar-refractivity contribution is 5.96. The number of imidazole rings is 1. The number of pyridine rings is 1. The molecule has 7 heteroatoms. The van der Waals surface area contributed by atoms with Crippen LogP contribution in [0, 0.1) is 12.8 Å². The Morgan fingerprint density at radius 2 is 2.23 bits per heavy atom. The molecule has 1 N–H and O–H groups in total. The van der Waals surface area contributed by atoms with Gasteiger partial charge in [0.1, 0.15) is 17.9 Å². The number of carbonyl (C=O) groups is 1. The van der Waals surface area contributed by atoms with Crippen molar-refractivity contribution in [3.63, 3.8) is 0 Å². The first kappa shape index (κ1) is 16.5. The van der Waals surface area contributed by atoms with Gasteiger partial charge in [0.05, 0.1) is 36.9 Å². The summed E-state index contributed by atoms with van der Waals surface area (Å²) in [5.74, 6) is 1.38. The van der Waals surface area contributed by atoms with Crippen LogP contribution in [0.3, 0.4) is 0 Å². The SMILES string of the molecule is CCOc1cc(-n2cnc(C)c2)nc2ccc(NC(=O)C3COC3)cc12. The average molecular weight is 352 g/mol. The van der Waals surface area contributed by atoms with E-state index in [0.29, 0.717) is 19.8 Å².